The number of thiazole rings is 1. The van der Waals surface area contributed by atoms with E-state index in [4.69, 9.17) is 4.74 Å². The average Bonchev–Trinajstić information content (AvgIpc) is 3.04. The topological polar surface area (TPSA) is 67.0 Å². The van der Waals surface area contributed by atoms with E-state index in [1.807, 2.05) is 19.9 Å². The molecule has 1 amide bonds. The Bertz CT molecular complexity index is 974. The first-order chi connectivity index (χ1) is 12.4. The minimum atomic E-state index is -0.404. The summed E-state index contributed by atoms with van der Waals surface area (Å²) in [7, 11) is 0. The van der Waals surface area contributed by atoms with Crippen molar-refractivity contribution < 1.29 is 13.9 Å². The van der Waals surface area contributed by atoms with Crippen molar-refractivity contribution in [1.29, 1.82) is 0 Å². The van der Waals surface area contributed by atoms with Gasteiger partial charge in [-0.1, -0.05) is 6.92 Å². The smallest absolute Gasteiger partial charge is 0.226 e. The highest BCUT2D eigenvalue weighted by Crippen LogP contribution is 2.45. The number of halogens is 1. The summed E-state index contributed by atoms with van der Waals surface area (Å²) >= 11 is 1.53. The molecule has 0 atom stereocenters. The Kier molecular flexibility index (Phi) is 4.19. The fraction of sp³-hybridized carbons (Fsp3) is 0.368. The number of ether oxygens (including phenoxy) is 1. The van der Waals surface area contributed by atoms with Gasteiger partial charge < -0.3 is 15.0 Å². The van der Waals surface area contributed by atoms with Crippen LogP contribution in [0, 0.1) is 18.2 Å². The second kappa shape index (κ2) is 6.39. The van der Waals surface area contributed by atoms with Gasteiger partial charge in [-0.2, -0.15) is 0 Å². The molecule has 0 radical (unpaired) electrons. The van der Waals surface area contributed by atoms with E-state index in [0.717, 1.165) is 39.3 Å². The molecule has 136 valence electrons. The summed E-state index contributed by atoms with van der Waals surface area (Å²) in [5.74, 6) is -0.128. The summed E-state index contributed by atoms with van der Waals surface area (Å²) in [5, 5.41) is 4.65. The molecule has 1 saturated carbocycles. The number of aryl methyl sites for hydroxylation is 1. The molecular formula is C19H20FN3O2S. The predicted octanol–water partition coefficient (Wildman–Crippen LogP) is 4.07. The summed E-state index contributed by atoms with van der Waals surface area (Å²) in [6, 6.07) is 4.96. The molecule has 7 heteroatoms. The zero-order valence-corrected chi connectivity index (χ0v) is 15.5. The first kappa shape index (κ1) is 17.0. The third-order valence-corrected chi connectivity index (χ3v) is 5.64. The maximum atomic E-state index is 14.3. The van der Waals surface area contributed by atoms with Crippen LogP contribution in [0.1, 0.15) is 35.3 Å². The van der Waals surface area contributed by atoms with Crippen LogP contribution in [0.15, 0.2) is 24.4 Å². The number of aromatic amines is 1. The van der Waals surface area contributed by atoms with E-state index in [9.17, 15) is 9.18 Å². The van der Waals surface area contributed by atoms with Gasteiger partial charge in [0.25, 0.3) is 0 Å². The van der Waals surface area contributed by atoms with Crippen LogP contribution in [0.3, 0.4) is 0 Å². The Labute approximate surface area is 154 Å². The summed E-state index contributed by atoms with van der Waals surface area (Å²) in [6.45, 7) is 4.58. The second-order valence-electron chi connectivity index (χ2n) is 7.04. The van der Waals surface area contributed by atoms with E-state index >= 15 is 0 Å². The number of carbonyl (C=O) groups excluding carboxylic acids is 1. The lowest BCUT2D eigenvalue weighted by Crippen LogP contribution is -2.29. The Hall–Kier alpha value is -2.41. The zero-order chi connectivity index (χ0) is 18.3. The van der Waals surface area contributed by atoms with Crippen LogP contribution in [0.5, 0.6) is 5.75 Å². The first-order valence-corrected chi connectivity index (χ1v) is 9.38. The van der Waals surface area contributed by atoms with E-state index in [2.05, 4.69) is 15.3 Å². The molecule has 0 spiro atoms. The van der Waals surface area contributed by atoms with Gasteiger partial charge in [0.05, 0.1) is 16.4 Å². The maximum absolute atomic E-state index is 14.3. The normalized spacial score (nSPS) is 15.2. The minimum Gasteiger partial charge on any atom is -0.485 e. The Balaban J connectivity index is 1.46. The first-order valence-electron chi connectivity index (χ1n) is 8.56. The lowest BCUT2D eigenvalue weighted by Gasteiger charge is -2.08. The Morgan fingerprint density at radius 3 is 2.92 bits per heavy atom. The summed E-state index contributed by atoms with van der Waals surface area (Å²) in [4.78, 5) is 20.4. The van der Waals surface area contributed by atoms with Gasteiger partial charge >= 0.3 is 0 Å². The highest BCUT2D eigenvalue weighted by atomic mass is 32.1. The molecule has 0 saturated heterocycles. The standard InChI is InChI=1S/C19H20FN3O2S/c1-11-21-9-14(26-11)10-25-17-7-16-12(6-15(17)20)5-13(23-16)8-22-18(24)19(2)3-4-19/h5-7,9,23H,3-4,8,10H2,1-2H3,(H,22,24). The number of benzene rings is 1. The van der Waals surface area contributed by atoms with Crippen LogP contribution in [0.4, 0.5) is 4.39 Å². The maximum Gasteiger partial charge on any atom is 0.226 e. The number of nitrogens with zero attached hydrogens (tertiary/aromatic N) is 1. The van der Waals surface area contributed by atoms with E-state index in [1.54, 1.807) is 12.3 Å². The van der Waals surface area contributed by atoms with Crippen molar-refractivity contribution in [2.75, 3.05) is 0 Å². The number of hydrogen-bond acceptors (Lipinski definition) is 4. The molecule has 0 aliphatic heterocycles. The molecule has 3 aromatic rings. The van der Waals surface area contributed by atoms with Crippen molar-refractivity contribution >= 4 is 28.1 Å². The third kappa shape index (κ3) is 3.44. The fourth-order valence-electron chi connectivity index (χ4n) is 2.82. The van der Waals surface area contributed by atoms with Crippen LogP contribution >= 0.6 is 11.3 Å². The number of amides is 1. The molecule has 5 nitrogen and oxygen atoms in total. The zero-order valence-electron chi connectivity index (χ0n) is 14.7. The van der Waals surface area contributed by atoms with Gasteiger partial charge in [0, 0.05) is 34.3 Å². The van der Waals surface area contributed by atoms with Crippen molar-refractivity contribution in [1.82, 2.24) is 15.3 Å². The van der Waals surface area contributed by atoms with Crippen molar-refractivity contribution in [3.05, 3.63) is 45.8 Å². The Morgan fingerprint density at radius 1 is 1.42 bits per heavy atom. The van der Waals surface area contributed by atoms with Gasteiger partial charge in [-0.25, -0.2) is 9.37 Å². The molecule has 4 rings (SSSR count). The van der Waals surface area contributed by atoms with E-state index < -0.39 is 5.82 Å². The number of hydrogen-bond donors (Lipinski definition) is 2. The van der Waals surface area contributed by atoms with E-state index in [0.29, 0.717) is 6.54 Å². The van der Waals surface area contributed by atoms with Gasteiger partial charge in [-0.3, -0.25) is 4.79 Å². The fourth-order valence-corrected chi connectivity index (χ4v) is 3.53. The van der Waals surface area contributed by atoms with Gasteiger partial charge in [0.2, 0.25) is 5.91 Å². The van der Waals surface area contributed by atoms with E-state index in [1.165, 1.54) is 17.4 Å². The van der Waals surface area contributed by atoms with Gasteiger partial charge in [-0.05, 0) is 31.9 Å². The van der Waals surface area contributed by atoms with Crippen LogP contribution in [-0.4, -0.2) is 15.9 Å². The quantitative estimate of drug-likeness (QED) is 0.684. The van der Waals surface area contributed by atoms with Crippen LogP contribution in [0.2, 0.25) is 0 Å². The van der Waals surface area contributed by atoms with Crippen LogP contribution < -0.4 is 10.1 Å². The summed E-state index contributed by atoms with van der Waals surface area (Å²) in [6.07, 6.45) is 3.62. The molecule has 1 aliphatic carbocycles. The van der Waals surface area contributed by atoms with Crippen molar-refractivity contribution in [2.24, 2.45) is 5.41 Å². The lowest BCUT2D eigenvalue weighted by atomic mass is 10.1. The van der Waals surface area contributed by atoms with Gasteiger partial charge in [-0.15, -0.1) is 11.3 Å². The molecule has 1 aliphatic rings. The average molecular weight is 373 g/mol. The van der Waals surface area contributed by atoms with Crippen molar-refractivity contribution in [2.45, 2.75) is 39.8 Å². The van der Waals surface area contributed by atoms with E-state index in [-0.39, 0.29) is 23.7 Å². The molecule has 1 aromatic carbocycles. The molecule has 26 heavy (non-hydrogen) atoms. The predicted molar refractivity (Wildman–Crippen MR) is 98.6 cm³/mol. The number of carbonyl (C=O) groups is 1. The van der Waals surface area contributed by atoms with Crippen molar-refractivity contribution in [3.63, 3.8) is 0 Å². The highest BCUT2D eigenvalue weighted by Gasteiger charge is 2.44. The summed E-state index contributed by atoms with van der Waals surface area (Å²) < 4.78 is 19.9. The molecule has 0 bridgehead atoms. The van der Waals surface area contributed by atoms with Gasteiger partial charge in [0.1, 0.15) is 6.61 Å². The number of aromatic nitrogens is 2. The molecule has 0 unspecified atom stereocenters. The molecule has 2 heterocycles. The molecular weight excluding hydrogens is 353 g/mol. The monoisotopic (exact) mass is 373 g/mol. The van der Waals surface area contributed by atoms with Crippen LogP contribution in [-0.2, 0) is 17.9 Å². The minimum absolute atomic E-state index is 0.0752. The Morgan fingerprint density at radius 2 is 2.23 bits per heavy atom. The second-order valence-corrected chi connectivity index (χ2v) is 8.36. The number of fused-ring (bicyclic) bond motifs is 1. The van der Waals surface area contributed by atoms with Crippen LogP contribution in [0.25, 0.3) is 10.9 Å². The number of H-pyrrole nitrogens is 1. The SMILES string of the molecule is Cc1ncc(COc2cc3[nH]c(CNC(=O)C4(C)CC4)cc3cc2F)s1. The number of nitrogens with one attached hydrogen (secondary N) is 2. The molecule has 1 fully saturated rings. The molecule has 2 N–H and O–H groups in total. The summed E-state index contributed by atoms with van der Waals surface area (Å²) in [5.41, 5.74) is 1.42. The van der Waals surface area contributed by atoms with Gasteiger partial charge in [0.15, 0.2) is 11.6 Å². The third-order valence-electron chi connectivity index (χ3n) is 4.76. The lowest BCUT2D eigenvalue weighted by molar-refractivity contribution is -0.125. The highest BCUT2D eigenvalue weighted by molar-refractivity contribution is 7.11. The largest absolute Gasteiger partial charge is 0.485 e. The number of rotatable bonds is 6. The molecule has 2 aromatic heterocycles. The van der Waals surface area contributed by atoms with Crippen molar-refractivity contribution in [3.8, 4) is 5.75 Å².